The summed E-state index contributed by atoms with van der Waals surface area (Å²) < 4.78 is 0. The summed E-state index contributed by atoms with van der Waals surface area (Å²) in [6.07, 6.45) is 9.22. The lowest BCUT2D eigenvalue weighted by Gasteiger charge is -2.77. The van der Waals surface area contributed by atoms with Crippen molar-refractivity contribution in [1.29, 1.82) is 0 Å². The first-order valence-corrected chi connectivity index (χ1v) is 8.11. The van der Waals surface area contributed by atoms with Crippen molar-refractivity contribution in [2.45, 2.75) is 52.4 Å². The molecule has 0 spiro atoms. The fourth-order valence-corrected chi connectivity index (χ4v) is 7.94. The molecule has 0 saturated heterocycles. The second kappa shape index (κ2) is 2.84. The van der Waals surface area contributed by atoms with E-state index in [4.69, 9.17) is 0 Å². The summed E-state index contributed by atoms with van der Waals surface area (Å²) in [6.45, 7) is 4.75. The van der Waals surface area contributed by atoms with Crippen molar-refractivity contribution < 1.29 is 0 Å². The van der Waals surface area contributed by atoms with Gasteiger partial charge in [-0.1, -0.05) is 12.8 Å². The van der Waals surface area contributed by atoms with Crippen LogP contribution in [-0.4, -0.2) is 0 Å². The van der Waals surface area contributed by atoms with Crippen LogP contribution in [0.2, 0.25) is 0 Å². The molecule has 0 aromatic heterocycles. The van der Waals surface area contributed by atoms with Crippen molar-refractivity contribution in [3.63, 3.8) is 0 Å². The largest absolute Gasteiger partial charge is 0.106 e. The smallest absolute Gasteiger partial charge is 0.0379 e. The molecule has 7 fully saturated rings. The Morgan fingerprint density at radius 1 is 0.833 bits per heavy atom. The van der Waals surface area contributed by atoms with E-state index in [9.17, 15) is 0 Å². The highest BCUT2D eigenvalue weighted by atomic mass is 14.8. The second-order valence-corrected chi connectivity index (χ2v) is 8.43. The molecule has 7 saturated carbocycles. The molecule has 7 aliphatic carbocycles. The minimum atomic E-state index is 0.488. The van der Waals surface area contributed by atoms with E-state index >= 15 is 0 Å². The van der Waals surface area contributed by atoms with E-state index in [0.717, 1.165) is 40.9 Å². The standard InChI is InChI=1S/C18H24/c1-3-4-18-10-12-5-13-15(18)7-11-8-16(18)14(6-12)17(13,2)9-11/h11-16H,5-10H2,1-2H3. The molecule has 8 bridgehead atoms. The Morgan fingerprint density at radius 2 is 1.39 bits per heavy atom. The van der Waals surface area contributed by atoms with E-state index in [1.165, 1.54) is 19.3 Å². The molecule has 4 unspecified atom stereocenters. The minimum absolute atomic E-state index is 0.488. The summed E-state index contributed by atoms with van der Waals surface area (Å²) in [5.41, 5.74) is 1.22. The van der Waals surface area contributed by atoms with E-state index in [1.807, 2.05) is 0 Å². The monoisotopic (exact) mass is 240 g/mol. The van der Waals surface area contributed by atoms with Crippen LogP contribution in [0, 0.1) is 58.2 Å². The molecule has 7 rings (SSSR count). The molecular weight excluding hydrogens is 216 g/mol. The lowest BCUT2D eigenvalue weighted by molar-refractivity contribution is -0.273. The van der Waals surface area contributed by atoms with Gasteiger partial charge in [0, 0.05) is 5.41 Å². The Hall–Kier alpha value is -0.440. The first-order chi connectivity index (χ1) is 8.67. The second-order valence-electron chi connectivity index (χ2n) is 8.43. The SMILES string of the molecule is CC#CC12CC3CC4C1CC1CC2C(C3)C4(C)C1. The predicted molar refractivity (Wildman–Crippen MR) is 72.6 cm³/mol. The molecule has 0 aliphatic heterocycles. The summed E-state index contributed by atoms with van der Waals surface area (Å²) >= 11 is 0. The van der Waals surface area contributed by atoms with Crippen LogP contribution in [0.5, 0.6) is 0 Å². The van der Waals surface area contributed by atoms with Gasteiger partial charge in [0.05, 0.1) is 0 Å². The highest BCUT2D eigenvalue weighted by Gasteiger charge is 2.73. The lowest BCUT2D eigenvalue weighted by atomic mass is 9.27. The molecule has 0 amide bonds. The van der Waals surface area contributed by atoms with E-state index in [1.54, 1.807) is 19.3 Å². The molecule has 4 atom stereocenters. The normalized spacial score (nSPS) is 66.1. The molecule has 0 aromatic carbocycles. The molecular formula is C18H24. The number of hydrogen-bond acceptors (Lipinski definition) is 0. The topological polar surface area (TPSA) is 0 Å². The average molecular weight is 240 g/mol. The van der Waals surface area contributed by atoms with Crippen LogP contribution >= 0.6 is 0 Å². The van der Waals surface area contributed by atoms with Gasteiger partial charge in [0.25, 0.3) is 0 Å². The Labute approximate surface area is 111 Å². The van der Waals surface area contributed by atoms with Crippen LogP contribution < -0.4 is 0 Å². The maximum atomic E-state index is 3.80. The Kier molecular flexibility index (Phi) is 1.64. The third kappa shape index (κ3) is 0.870. The van der Waals surface area contributed by atoms with Crippen molar-refractivity contribution >= 4 is 0 Å². The summed E-state index contributed by atoms with van der Waals surface area (Å²) in [4.78, 5) is 0. The van der Waals surface area contributed by atoms with Crippen molar-refractivity contribution in [2.75, 3.05) is 0 Å². The summed E-state index contributed by atoms with van der Waals surface area (Å²) in [7, 11) is 0. The zero-order chi connectivity index (χ0) is 12.1. The van der Waals surface area contributed by atoms with Gasteiger partial charge >= 0.3 is 0 Å². The highest BCUT2D eigenvalue weighted by molar-refractivity contribution is 5.30. The zero-order valence-corrected chi connectivity index (χ0v) is 11.7. The third-order valence-corrected chi connectivity index (χ3v) is 8.05. The molecule has 0 aromatic rings. The molecule has 0 heterocycles. The van der Waals surface area contributed by atoms with Gasteiger partial charge in [-0.3, -0.25) is 0 Å². The summed E-state index contributed by atoms with van der Waals surface area (Å²) in [5.74, 6) is 13.3. The third-order valence-electron chi connectivity index (χ3n) is 8.05. The van der Waals surface area contributed by atoms with E-state index in [0.29, 0.717) is 5.41 Å². The van der Waals surface area contributed by atoms with E-state index in [2.05, 4.69) is 25.7 Å². The van der Waals surface area contributed by atoms with Gasteiger partial charge in [-0.2, -0.15) is 0 Å². The first kappa shape index (κ1) is 10.4. The van der Waals surface area contributed by atoms with Crippen LogP contribution in [0.15, 0.2) is 0 Å². The van der Waals surface area contributed by atoms with Gasteiger partial charge in [-0.25, -0.2) is 0 Å². The maximum Gasteiger partial charge on any atom is 0.0379 e. The van der Waals surface area contributed by atoms with E-state index in [-0.39, 0.29) is 0 Å². The van der Waals surface area contributed by atoms with Crippen molar-refractivity contribution in [1.82, 2.24) is 0 Å². The molecule has 96 valence electrons. The predicted octanol–water partition coefficient (Wildman–Crippen LogP) is 4.11. The molecule has 0 heteroatoms. The number of rotatable bonds is 0. The fourth-order valence-electron chi connectivity index (χ4n) is 7.94. The number of hydrogen-bond donors (Lipinski definition) is 0. The van der Waals surface area contributed by atoms with Gasteiger partial charge in [-0.05, 0) is 86.4 Å². The van der Waals surface area contributed by atoms with Crippen molar-refractivity contribution in [2.24, 2.45) is 46.3 Å². The average Bonchev–Trinajstić information content (AvgIpc) is 2.35. The quantitative estimate of drug-likeness (QED) is 0.559. The van der Waals surface area contributed by atoms with Crippen molar-refractivity contribution in [3.05, 3.63) is 0 Å². The highest BCUT2D eigenvalue weighted by Crippen LogP contribution is 2.79. The van der Waals surface area contributed by atoms with Gasteiger partial charge < -0.3 is 0 Å². The zero-order valence-electron chi connectivity index (χ0n) is 11.7. The van der Waals surface area contributed by atoms with Crippen LogP contribution in [0.25, 0.3) is 0 Å². The van der Waals surface area contributed by atoms with Gasteiger partial charge in [-0.15, -0.1) is 5.92 Å². The molecule has 7 aliphatic rings. The van der Waals surface area contributed by atoms with E-state index < -0.39 is 0 Å². The molecule has 18 heavy (non-hydrogen) atoms. The van der Waals surface area contributed by atoms with Gasteiger partial charge in [0.15, 0.2) is 0 Å². The lowest BCUT2D eigenvalue weighted by Crippen LogP contribution is -2.71. The van der Waals surface area contributed by atoms with Crippen molar-refractivity contribution in [3.8, 4) is 11.8 Å². The van der Waals surface area contributed by atoms with Crippen LogP contribution in [0.3, 0.4) is 0 Å². The van der Waals surface area contributed by atoms with Gasteiger partial charge in [0.1, 0.15) is 0 Å². The minimum Gasteiger partial charge on any atom is -0.106 e. The van der Waals surface area contributed by atoms with Crippen LogP contribution in [-0.2, 0) is 0 Å². The summed E-state index contributed by atoms with van der Waals surface area (Å²) in [6, 6.07) is 0. The van der Waals surface area contributed by atoms with Crippen LogP contribution in [0.1, 0.15) is 52.4 Å². The Bertz CT molecular complexity index is 452. The molecule has 0 nitrogen and oxygen atoms in total. The summed E-state index contributed by atoms with van der Waals surface area (Å²) in [5, 5.41) is 0. The van der Waals surface area contributed by atoms with Gasteiger partial charge in [0.2, 0.25) is 0 Å². The molecule has 0 N–H and O–H groups in total. The maximum absolute atomic E-state index is 3.80. The fraction of sp³-hybridized carbons (Fsp3) is 0.889. The van der Waals surface area contributed by atoms with Crippen LogP contribution in [0.4, 0.5) is 0 Å². The Morgan fingerprint density at radius 3 is 2.00 bits per heavy atom. The first-order valence-electron chi connectivity index (χ1n) is 8.11. The molecule has 0 radical (unpaired) electrons. The Balaban J connectivity index is 1.75.